The van der Waals surface area contributed by atoms with Crippen LogP contribution in [0.1, 0.15) is 35.9 Å². The summed E-state index contributed by atoms with van der Waals surface area (Å²) in [6.07, 6.45) is 1.83. The summed E-state index contributed by atoms with van der Waals surface area (Å²) in [5, 5.41) is 0. The molecule has 88 valence electrons. The summed E-state index contributed by atoms with van der Waals surface area (Å²) >= 11 is 0. The number of hydrogen-bond donors (Lipinski definition) is 0. The van der Waals surface area contributed by atoms with E-state index in [0.717, 1.165) is 43.9 Å². The van der Waals surface area contributed by atoms with Crippen LogP contribution in [0.25, 0.3) is 0 Å². The Hall–Kier alpha value is -1.16. The minimum atomic E-state index is 0.575. The molecular formula is C12H19N3O. The fraction of sp³-hybridized carbons (Fsp3) is 0.667. The second-order valence-electron chi connectivity index (χ2n) is 4.97. The highest BCUT2D eigenvalue weighted by molar-refractivity contribution is 5.73. The molecule has 2 heterocycles. The maximum Gasteiger partial charge on any atom is 0.170 e. The molecule has 1 aromatic rings. The van der Waals surface area contributed by atoms with Gasteiger partial charge in [-0.1, -0.05) is 13.8 Å². The third-order valence-electron chi connectivity index (χ3n) is 3.01. The largest absolute Gasteiger partial charge is 0.329 e. The second kappa shape index (κ2) is 4.37. The molecule has 0 fully saturated rings. The molecular weight excluding hydrogens is 202 g/mol. The van der Waals surface area contributed by atoms with E-state index in [9.17, 15) is 4.79 Å². The van der Waals surface area contributed by atoms with Gasteiger partial charge in [-0.05, 0) is 13.0 Å². The van der Waals surface area contributed by atoms with Gasteiger partial charge in [-0.25, -0.2) is 4.98 Å². The molecule has 1 aromatic heterocycles. The van der Waals surface area contributed by atoms with Gasteiger partial charge in [0.2, 0.25) is 0 Å². The minimum Gasteiger partial charge on any atom is -0.329 e. The van der Waals surface area contributed by atoms with E-state index in [1.807, 2.05) is 0 Å². The molecule has 16 heavy (non-hydrogen) atoms. The number of nitrogens with zero attached hydrogens (tertiary/aromatic N) is 3. The van der Waals surface area contributed by atoms with Crippen LogP contribution in [0.3, 0.4) is 0 Å². The first-order chi connectivity index (χ1) is 7.61. The van der Waals surface area contributed by atoms with Crippen LogP contribution in [0.5, 0.6) is 0 Å². The van der Waals surface area contributed by atoms with Crippen LogP contribution < -0.4 is 0 Å². The average Bonchev–Trinajstić information content (AvgIpc) is 2.55. The van der Waals surface area contributed by atoms with E-state index in [-0.39, 0.29) is 0 Å². The lowest BCUT2D eigenvalue weighted by atomic mass is 10.1. The monoisotopic (exact) mass is 221 g/mol. The van der Waals surface area contributed by atoms with E-state index in [0.29, 0.717) is 11.6 Å². The fourth-order valence-corrected chi connectivity index (χ4v) is 2.21. The second-order valence-corrected chi connectivity index (χ2v) is 4.97. The molecule has 0 saturated carbocycles. The summed E-state index contributed by atoms with van der Waals surface area (Å²) in [6.45, 7) is 7.18. The molecule has 0 radical (unpaired) electrons. The van der Waals surface area contributed by atoms with Gasteiger partial charge in [0.25, 0.3) is 0 Å². The fourth-order valence-electron chi connectivity index (χ4n) is 2.21. The SMILES string of the molecule is CC(C)Cc1nc(C=O)c2n1CCN(C)C2. The number of rotatable bonds is 3. The van der Waals surface area contributed by atoms with Crippen molar-refractivity contribution in [1.29, 1.82) is 0 Å². The van der Waals surface area contributed by atoms with Gasteiger partial charge in [-0.15, -0.1) is 0 Å². The Morgan fingerprint density at radius 1 is 1.44 bits per heavy atom. The topological polar surface area (TPSA) is 38.1 Å². The number of fused-ring (bicyclic) bond motifs is 1. The predicted molar refractivity (Wildman–Crippen MR) is 62.5 cm³/mol. The Kier molecular flexibility index (Phi) is 3.10. The van der Waals surface area contributed by atoms with Gasteiger partial charge < -0.3 is 4.57 Å². The van der Waals surface area contributed by atoms with Crippen LogP contribution in [0, 0.1) is 5.92 Å². The highest BCUT2D eigenvalue weighted by Gasteiger charge is 2.21. The van der Waals surface area contributed by atoms with Crippen LogP contribution >= 0.6 is 0 Å². The van der Waals surface area contributed by atoms with Crippen molar-refractivity contribution >= 4 is 6.29 Å². The van der Waals surface area contributed by atoms with Gasteiger partial charge in [0, 0.05) is 26.1 Å². The molecule has 0 spiro atoms. The number of imidazole rings is 1. The van der Waals surface area contributed by atoms with Crippen LogP contribution in [-0.2, 0) is 19.5 Å². The summed E-state index contributed by atoms with van der Waals surface area (Å²) in [6, 6.07) is 0. The highest BCUT2D eigenvalue weighted by Crippen LogP contribution is 2.19. The molecule has 0 unspecified atom stereocenters. The van der Waals surface area contributed by atoms with Crippen molar-refractivity contribution in [2.75, 3.05) is 13.6 Å². The van der Waals surface area contributed by atoms with Gasteiger partial charge >= 0.3 is 0 Å². The maximum absolute atomic E-state index is 11.0. The number of aromatic nitrogens is 2. The lowest BCUT2D eigenvalue weighted by Gasteiger charge is -2.25. The zero-order valence-corrected chi connectivity index (χ0v) is 10.2. The molecule has 2 rings (SSSR count). The van der Waals surface area contributed by atoms with Crippen LogP contribution in [-0.4, -0.2) is 34.3 Å². The smallest absolute Gasteiger partial charge is 0.170 e. The van der Waals surface area contributed by atoms with E-state index < -0.39 is 0 Å². The molecule has 4 heteroatoms. The number of hydrogen-bond acceptors (Lipinski definition) is 3. The molecule has 0 amide bonds. The van der Waals surface area contributed by atoms with Gasteiger partial charge in [-0.2, -0.15) is 0 Å². The van der Waals surface area contributed by atoms with Gasteiger partial charge in [0.05, 0.1) is 5.69 Å². The first kappa shape index (κ1) is 11.3. The lowest BCUT2D eigenvalue weighted by molar-refractivity contribution is 0.111. The molecule has 4 nitrogen and oxygen atoms in total. The van der Waals surface area contributed by atoms with Crippen molar-refractivity contribution in [2.24, 2.45) is 5.92 Å². The maximum atomic E-state index is 11.0. The molecule has 0 saturated heterocycles. The summed E-state index contributed by atoms with van der Waals surface area (Å²) < 4.78 is 2.23. The predicted octanol–water partition coefficient (Wildman–Crippen LogP) is 1.34. The molecule has 1 aliphatic rings. The third-order valence-corrected chi connectivity index (χ3v) is 3.01. The van der Waals surface area contributed by atoms with E-state index in [4.69, 9.17) is 0 Å². The molecule has 0 N–H and O–H groups in total. The lowest BCUT2D eigenvalue weighted by Crippen LogP contribution is -2.31. The normalized spacial score (nSPS) is 16.5. The highest BCUT2D eigenvalue weighted by atomic mass is 16.1. The van der Waals surface area contributed by atoms with E-state index in [1.54, 1.807) is 0 Å². The summed E-state index contributed by atoms with van der Waals surface area (Å²) in [7, 11) is 2.08. The Labute approximate surface area is 96.3 Å². The van der Waals surface area contributed by atoms with Crippen molar-refractivity contribution in [2.45, 2.75) is 33.4 Å². The van der Waals surface area contributed by atoms with Crippen molar-refractivity contribution in [3.05, 3.63) is 17.2 Å². The quantitative estimate of drug-likeness (QED) is 0.723. The first-order valence-electron chi connectivity index (χ1n) is 5.83. The number of aldehydes is 1. The number of carbonyl (C=O) groups is 1. The van der Waals surface area contributed by atoms with Crippen LogP contribution in [0.2, 0.25) is 0 Å². The zero-order valence-electron chi connectivity index (χ0n) is 10.2. The van der Waals surface area contributed by atoms with E-state index in [2.05, 4.69) is 35.3 Å². The summed E-state index contributed by atoms with van der Waals surface area (Å²) in [5.74, 6) is 1.64. The summed E-state index contributed by atoms with van der Waals surface area (Å²) in [4.78, 5) is 17.7. The van der Waals surface area contributed by atoms with E-state index in [1.165, 1.54) is 0 Å². The van der Waals surface area contributed by atoms with Crippen molar-refractivity contribution in [1.82, 2.24) is 14.5 Å². The third kappa shape index (κ3) is 2.02. The Bertz CT molecular complexity index is 395. The Morgan fingerprint density at radius 2 is 2.19 bits per heavy atom. The average molecular weight is 221 g/mol. The van der Waals surface area contributed by atoms with E-state index >= 15 is 0 Å². The molecule has 0 atom stereocenters. The van der Waals surface area contributed by atoms with Gasteiger partial charge in [-0.3, -0.25) is 9.69 Å². The Balaban J connectivity index is 2.37. The van der Waals surface area contributed by atoms with Crippen molar-refractivity contribution < 1.29 is 4.79 Å². The standard InChI is InChI=1S/C12H19N3O/c1-9(2)6-12-13-10(8-16)11-7-14(3)4-5-15(11)12/h8-9H,4-7H2,1-3H3. The van der Waals surface area contributed by atoms with Crippen molar-refractivity contribution in [3.8, 4) is 0 Å². The Morgan fingerprint density at radius 3 is 2.81 bits per heavy atom. The zero-order chi connectivity index (χ0) is 11.7. The van der Waals surface area contributed by atoms with Gasteiger partial charge in [0.15, 0.2) is 6.29 Å². The van der Waals surface area contributed by atoms with Crippen LogP contribution in [0.4, 0.5) is 0 Å². The van der Waals surface area contributed by atoms with Crippen LogP contribution in [0.15, 0.2) is 0 Å². The van der Waals surface area contributed by atoms with Crippen molar-refractivity contribution in [3.63, 3.8) is 0 Å². The molecule has 0 aliphatic carbocycles. The molecule has 0 aromatic carbocycles. The number of carbonyl (C=O) groups excluding carboxylic acids is 1. The first-order valence-corrected chi connectivity index (χ1v) is 5.83. The van der Waals surface area contributed by atoms with Gasteiger partial charge in [0.1, 0.15) is 11.5 Å². The molecule has 0 bridgehead atoms. The summed E-state index contributed by atoms with van der Waals surface area (Å²) in [5.41, 5.74) is 1.71. The minimum absolute atomic E-state index is 0.575. The molecule has 1 aliphatic heterocycles. The number of likely N-dealkylation sites (N-methyl/N-ethyl adjacent to an activating group) is 1.